The lowest BCUT2D eigenvalue weighted by atomic mass is 10.2. The Hall–Kier alpha value is -1.92. The number of aryl methyl sites for hydroxylation is 1. The van der Waals surface area contributed by atoms with Crippen LogP contribution in [0.2, 0.25) is 0 Å². The van der Waals surface area contributed by atoms with Gasteiger partial charge in [-0.05, 0) is 43.8 Å². The SMILES string of the molecule is Cc1ccc(NC(=O)c2ccc(N3CCN(C)CC3)cn2)cc1Br. The fourth-order valence-corrected chi connectivity index (χ4v) is 3.02. The van der Waals surface area contributed by atoms with E-state index in [1.165, 1.54) is 0 Å². The Morgan fingerprint density at radius 1 is 1.17 bits per heavy atom. The van der Waals surface area contributed by atoms with E-state index in [9.17, 15) is 4.79 Å². The number of carbonyl (C=O) groups is 1. The van der Waals surface area contributed by atoms with Crippen LogP contribution >= 0.6 is 15.9 Å². The predicted molar refractivity (Wildman–Crippen MR) is 101 cm³/mol. The Morgan fingerprint density at radius 2 is 1.92 bits per heavy atom. The third-order valence-corrected chi connectivity index (χ3v) is 5.13. The lowest BCUT2D eigenvalue weighted by Crippen LogP contribution is -2.44. The third-order valence-electron chi connectivity index (χ3n) is 4.28. The highest BCUT2D eigenvalue weighted by atomic mass is 79.9. The van der Waals surface area contributed by atoms with Crippen LogP contribution in [0.1, 0.15) is 16.1 Å². The number of nitrogens with zero attached hydrogens (tertiary/aromatic N) is 3. The van der Waals surface area contributed by atoms with Crippen molar-refractivity contribution in [2.45, 2.75) is 6.92 Å². The van der Waals surface area contributed by atoms with Crippen LogP contribution in [0.3, 0.4) is 0 Å². The van der Waals surface area contributed by atoms with E-state index in [-0.39, 0.29) is 5.91 Å². The van der Waals surface area contributed by atoms with Gasteiger partial charge < -0.3 is 15.1 Å². The van der Waals surface area contributed by atoms with Gasteiger partial charge in [-0.15, -0.1) is 0 Å². The van der Waals surface area contributed by atoms with Gasteiger partial charge in [0.15, 0.2) is 0 Å². The van der Waals surface area contributed by atoms with Crippen LogP contribution in [-0.4, -0.2) is 49.0 Å². The molecular formula is C18H21BrN4O. The van der Waals surface area contributed by atoms with Gasteiger partial charge >= 0.3 is 0 Å². The number of carbonyl (C=O) groups excluding carboxylic acids is 1. The summed E-state index contributed by atoms with van der Waals surface area (Å²) in [4.78, 5) is 21.3. The van der Waals surface area contributed by atoms with Gasteiger partial charge in [-0.2, -0.15) is 0 Å². The van der Waals surface area contributed by atoms with E-state index in [2.05, 4.69) is 43.1 Å². The van der Waals surface area contributed by atoms with Crippen molar-refractivity contribution in [3.63, 3.8) is 0 Å². The number of nitrogens with one attached hydrogen (secondary N) is 1. The lowest BCUT2D eigenvalue weighted by molar-refractivity contribution is 0.102. The molecule has 1 aromatic carbocycles. The van der Waals surface area contributed by atoms with Crippen molar-refractivity contribution in [1.29, 1.82) is 0 Å². The maximum Gasteiger partial charge on any atom is 0.274 e. The number of halogens is 1. The number of hydrogen-bond donors (Lipinski definition) is 1. The maximum absolute atomic E-state index is 12.3. The monoisotopic (exact) mass is 388 g/mol. The van der Waals surface area contributed by atoms with Gasteiger partial charge in [0.25, 0.3) is 5.91 Å². The first kappa shape index (κ1) is 16.9. The fourth-order valence-electron chi connectivity index (χ4n) is 2.64. The molecule has 1 N–H and O–H groups in total. The number of aromatic nitrogens is 1. The number of amides is 1. The highest BCUT2D eigenvalue weighted by Crippen LogP contribution is 2.21. The summed E-state index contributed by atoms with van der Waals surface area (Å²) < 4.78 is 0.971. The number of rotatable bonds is 3. The largest absolute Gasteiger partial charge is 0.368 e. The van der Waals surface area contributed by atoms with Crippen LogP contribution in [0.5, 0.6) is 0 Å². The Labute approximate surface area is 150 Å². The molecule has 2 heterocycles. The van der Waals surface area contributed by atoms with Crippen molar-refractivity contribution >= 4 is 33.2 Å². The zero-order valence-corrected chi connectivity index (χ0v) is 15.5. The average molecular weight is 389 g/mol. The van der Waals surface area contributed by atoms with Gasteiger partial charge in [-0.1, -0.05) is 22.0 Å². The summed E-state index contributed by atoms with van der Waals surface area (Å²) in [5, 5.41) is 2.88. The molecule has 5 nitrogen and oxygen atoms in total. The molecule has 6 heteroatoms. The molecule has 0 atom stereocenters. The Kier molecular flexibility index (Phi) is 5.16. The molecule has 0 aliphatic carbocycles. The van der Waals surface area contributed by atoms with Gasteiger partial charge in [0.2, 0.25) is 0 Å². The van der Waals surface area contributed by atoms with Gasteiger partial charge in [-0.3, -0.25) is 4.79 Å². The second kappa shape index (κ2) is 7.32. The van der Waals surface area contributed by atoms with Crippen molar-refractivity contribution in [3.8, 4) is 0 Å². The molecule has 0 spiro atoms. The minimum absolute atomic E-state index is 0.198. The van der Waals surface area contributed by atoms with E-state index < -0.39 is 0 Å². The van der Waals surface area contributed by atoms with Crippen molar-refractivity contribution in [1.82, 2.24) is 9.88 Å². The van der Waals surface area contributed by atoms with Gasteiger partial charge in [0.1, 0.15) is 5.69 Å². The molecule has 126 valence electrons. The summed E-state index contributed by atoms with van der Waals surface area (Å²) in [6.07, 6.45) is 1.78. The van der Waals surface area contributed by atoms with Crippen LogP contribution in [0.25, 0.3) is 0 Å². The van der Waals surface area contributed by atoms with E-state index in [0.717, 1.165) is 47.6 Å². The standard InChI is InChI=1S/C18H21BrN4O/c1-13-3-4-14(11-16(13)19)21-18(24)17-6-5-15(12-20-17)23-9-7-22(2)8-10-23/h3-6,11-12H,7-10H2,1-2H3,(H,21,24). The van der Waals surface area contributed by atoms with Crippen molar-refractivity contribution in [2.24, 2.45) is 0 Å². The second-order valence-electron chi connectivity index (χ2n) is 6.11. The number of likely N-dealkylation sites (N-methyl/N-ethyl adjacent to an activating group) is 1. The molecule has 0 saturated carbocycles. The van der Waals surface area contributed by atoms with Gasteiger partial charge in [-0.25, -0.2) is 4.98 Å². The number of anilines is 2. The predicted octanol–water partition coefficient (Wildman–Crippen LogP) is 3.16. The van der Waals surface area contributed by atoms with Gasteiger partial charge in [0.05, 0.1) is 11.9 Å². The number of benzene rings is 1. The summed E-state index contributed by atoms with van der Waals surface area (Å²) in [6.45, 7) is 6.08. The zero-order chi connectivity index (χ0) is 17.1. The van der Waals surface area contributed by atoms with E-state index in [1.807, 2.05) is 31.2 Å². The number of pyridine rings is 1. The fraction of sp³-hybridized carbons (Fsp3) is 0.333. The van der Waals surface area contributed by atoms with Crippen LogP contribution in [0, 0.1) is 6.92 Å². The molecule has 0 bridgehead atoms. The lowest BCUT2D eigenvalue weighted by Gasteiger charge is -2.33. The molecule has 24 heavy (non-hydrogen) atoms. The molecule has 1 saturated heterocycles. The Morgan fingerprint density at radius 3 is 2.54 bits per heavy atom. The number of piperazine rings is 1. The third kappa shape index (κ3) is 3.94. The van der Waals surface area contributed by atoms with Crippen molar-refractivity contribution in [2.75, 3.05) is 43.4 Å². The topological polar surface area (TPSA) is 48.5 Å². The number of hydrogen-bond acceptors (Lipinski definition) is 4. The summed E-state index contributed by atoms with van der Waals surface area (Å²) in [7, 11) is 2.13. The first-order valence-corrected chi connectivity index (χ1v) is 8.79. The first-order chi connectivity index (χ1) is 11.5. The highest BCUT2D eigenvalue weighted by molar-refractivity contribution is 9.10. The zero-order valence-electron chi connectivity index (χ0n) is 13.9. The summed E-state index contributed by atoms with van der Waals surface area (Å²) in [5.41, 5.74) is 3.37. The molecule has 2 aromatic rings. The molecule has 1 aromatic heterocycles. The molecular weight excluding hydrogens is 368 g/mol. The van der Waals surface area contributed by atoms with Crippen molar-refractivity contribution < 1.29 is 4.79 Å². The molecule has 1 aliphatic rings. The van der Waals surface area contributed by atoms with Crippen LogP contribution in [-0.2, 0) is 0 Å². The van der Waals surface area contributed by atoms with Crippen LogP contribution < -0.4 is 10.2 Å². The molecule has 1 amide bonds. The first-order valence-electron chi connectivity index (χ1n) is 8.00. The molecule has 1 aliphatic heterocycles. The molecule has 3 rings (SSSR count). The van der Waals surface area contributed by atoms with E-state index in [4.69, 9.17) is 0 Å². The van der Waals surface area contributed by atoms with Crippen LogP contribution in [0.15, 0.2) is 41.0 Å². The van der Waals surface area contributed by atoms with Gasteiger partial charge in [0, 0.05) is 36.3 Å². The van der Waals surface area contributed by atoms with E-state index >= 15 is 0 Å². The molecule has 0 radical (unpaired) electrons. The molecule has 0 unspecified atom stereocenters. The Balaban J connectivity index is 1.66. The second-order valence-corrected chi connectivity index (χ2v) is 6.96. The maximum atomic E-state index is 12.3. The van der Waals surface area contributed by atoms with Crippen LogP contribution in [0.4, 0.5) is 11.4 Å². The average Bonchev–Trinajstić information content (AvgIpc) is 2.59. The minimum atomic E-state index is -0.198. The quantitative estimate of drug-likeness (QED) is 0.876. The highest BCUT2D eigenvalue weighted by Gasteiger charge is 2.15. The normalized spacial score (nSPS) is 15.4. The summed E-state index contributed by atoms with van der Waals surface area (Å²) in [6, 6.07) is 9.50. The smallest absolute Gasteiger partial charge is 0.274 e. The van der Waals surface area contributed by atoms with Crippen molar-refractivity contribution in [3.05, 3.63) is 52.3 Å². The summed E-state index contributed by atoms with van der Waals surface area (Å²) in [5.74, 6) is -0.198. The molecule has 1 fully saturated rings. The van der Waals surface area contributed by atoms with E-state index in [1.54, 1.807) is 12.3 Å². The Bertz CT molecular complexity index is 724. The minimum Gasteiger partial charge on any atom is -0.368 e. The van der Waals surface area contributed by atoms with E-state index in [0.29, 0.717) is 5.69 Å². The summed E-state index contributed by atoms with van der Waals surface area (Å²) >= 11 is 3.47.